The Hall–Kier alpha value is -1.33. The zero-order chi connectivity index (χ0) is 12.5. The first-order valence-electron chi connectivity index (χ1n) is 5.80. The largest absolute Gasteiger partial charge is 0.365 e. The first kappa shape index (κ1) is 11.7. The van der Waals surface area contributed by atoms with E-state index in [-0.39, 0.29) is 5.56 Å². The Morgan fingerprint density at radius 3 is 3.00 bits per heavy atom. The Labute approximate surface area is 113 Å². The second kappa shape index (κ2) is 4.74. The highest BCUT2D eigenvalue weighted by Gasteiger charge is 2.26. The van der Waals surface area contributed by atoms with Crippen molar-refractivity contribution in [1.29, 1.82) is 0 Å². The van der Waals surface area contributed by atoms with Gasteiger partial charge in [0.2, 0.25) is 0 Å². The van der Waals surface area contributed by atoms with Crippen LogP contribution in [-0.4, -0.2) is 9.97 Å². The Morgan fingerprint density at radius 2 is 2.33 bits per heavy atom. The number of halogens is 1. The molecule has 0 saturated heterocycles. The monoisotopic (exact) mass is 281 g/mol. The van der Waals surface area contributed by atoms with Crippen LogP contribution in [0.25, 0.3) is 0 Å². The van der Waals surface area contributed by atoms with Crippen LogP contribution in [0.2, 0.25) is 4.34 Å². The third-order valence-electron chi connectivity index (χ3n) is 2.80. The number of rotatable bonds is 4. The lowest BCUT2D eigenvalue weighted by Crippen LogP contribution is -2.12. The predicted octanol–water partition coefficient (Wildman–Crippen LogP) is 2.97. The maximum absolute atomic E-state index is 11.5. The van der Waals surface area contributed by atoms with E-state index in [1.54, 1.807) is 0 Å². The van der Waals surface area contributed by atoms with Gasteiger partial charge in [-0.1, -0.05) is 11.6 Å². The molecule has 0 aliphatic heterocycles. The summed E-state index contributed by atoms with van der Waals surface area (Å²) in [6.45, 7) is 0.637. The average Bonchev–Trinajstić information content (AvgIpc) is 3.10. The number of nitrogens with zero attached hydrogens (tertiary/aromatic N) is 1. The van der Waals surface area contributed by atoms with Crippen LogP contribution in [0, 0.1) is 0 Å². The van der Waals surface area contributed by atoms with Gasteiger partial charge in [0.25, 0.3) is 5.56 Å². The first-order valence-corrected chi connectivity index (χ1v) is 6.99. The fourth-order valence-electron chi connectivity index (χ4n) is 1.74. The van der Waals surface area contributed by atoms with Crippen molar-refractivity contribution in [3.8, 4) is 0 Å². The quantitative estimate of drug-likeness (QED) is 0.906. The molecule has 3 rings (SSSR count). The van der Waals surface area contributed by atoms with E-state index in [0.29, 0.717) is 18.3 Å². The SMILES string of the molecule is O=c1cc(NCc2ccc(Cl)s2)nc(C2CC2)[nH]1. The van der Waals surface area contributed by atoms with E-state index in [0.717, 1.165) is 27.9 Å². The zero-order valence-corrected chi connectivity index (χ0v) is 11.1. The molecule has 0 amide bonds. The van der Waals surface area contributed by atoms with Gasteiger partial charge in [-0.25, -0.2) is 4.98 Å². The molecular weight excluding hydrogens is 270 g/mol. The highest BCUT2D eigenvalue weighted by atomic mass is 35.5. The lowest BCUT2D eigenvalue weighted by Gasteiger charge is -2.05. The van der Waals surface area contributed by atoms with E-state index >= 15 is 0 Å². The van der Waals surface area contributed by atoms with E-state index in [9.17, 15) is 4.79 Å². The Bertz CT molecular complexity index is 618. The normalized spacial score (nSPS) is 14.7. The van der Waals surface area contributed by atoms with Crippen LogP contribution in [0.3, 0.4) is 0 Å². The van der Waals surface area contributed by atoms with Crippen LogP contribution in [0.1, 0.15) is 29.5 Å². The molecule has 18 heavy (non-hydrogen) atoms. The summed E-state index contributed by atoms with van der Waals surface area (Å²) < 4.78 is 0.768. The summed E-state index contributed by atoms with van der Waals surface area (Å²) in [4.78, 5) is 19.8. The van der Waals surface area contributed by atoms with Crippen molar-refractivity contribution in [2.75, 3.05) is 5.32 Å². The minimum absolute atomic E-state index is 0.0985. The van der Waals surface area contributed by atoms with Gasteiger partial charge in [-0.3, -0.25) is 4.79 Å². The topological polar surface area (TPSA) is 57.8 Å². The van der Waals surface area contributed by atoms with Gasteiger partial charge in [-0.15, -0.1) is 11.3 Å². The summed E-state index contributed by atoms with van der Waals surface area (Å²) >= 11 is 7.39. The van der Waals surface area contributed by atoms with Crippen LogP contribution in [0.4, 0.5) is 5.82 Å². The Balaban J connectivity index is 1.73. The second-order valence-electron chi connectivity index (χ2n) is 4.35. The van der Waals surface area contributed by atoms with Gasteiger partial charge in [-0.2, -0.15) is 0 Å². The molecule has 2 N–H and O–H groups in total. The Morgan fingerprint density at radius 1 is 1.50 bits per heavy atom. The molecule has 2 aromatic rings. The van der Waals surface area contributed by atoms with Crippen molar-refractivity contribution in [2.45, 2.75) is 25.3 Å². The highest BCUT2D eigenvalue weighted by molar-refractivity contribution is 7.16. The number of aromatic nitrogens is 2. The number of anilines is 1. The van der Waals surface area contributed by atoms with Gasteiger partial charge in [-0.05, 0) is 25.0 Å². The van der Waals surface area contributed by atoms with E-state index in [1.165, 1.54) is 17.4 Å². The van der Waals surface area contributed by atoms with Crippen LogP contribution >= 0.6 is 22.9 Å². The molecule has 1 aliphatic rings. The van der Waals surface area contributed by atoms with Gasteiger partial charge in [0.05, 0.1) is 10.9 Å². The summed E-state index contributed by atoms with van der Waals surface area (Å²) in [6, 6.07) is 5.32. The maximum Gasteiger partial charge on any atom is 0.252 e. The number of hydrogen-bond donors (Lipinski definition) is 2. The predicted molar refractivity (Wildman–Crippen MR) is 73.5 cm³/mol. The summed E-state index contributed by atoms with van der Waals surface area (Å²) in [7, 11) is 0. The minimum atomic E-state index is -0.0985. The lowest BCUT2D eigenvalue weighted by molar-refractivity contribution is 0.904. The van der Waals surface area contributed by atoms with E-state index in [4.69, 9.17) is 11.6 Å². The van der Waals surface area contributed by atoms with Gasteiger partial charge >= 0.3 is 0 Å². The fraction of sp³-hybridized carbons (Fsp3) is 0.333. The number of thiophene rings is 1. The third kappa shape index (κ3) is 2.73. The number of aromatic amines is 1. The van der Waals surface area contributed by atoms with Crippen molar-refractivity contribution in [3.05, 3.63) is 43.6 Å². The molecule has 0 aromatic carbocycles. The molecule has 0 unspecified atom stereocenters. The number of H-pyrrole nitrogens is 1. The van der Waals surface area contributed by atoms with Crippen molar-refractivity contribution < 1.29 is 0 Å². The molecule has 1 fully saturated rings. The van der Waals surface area contributed by atoms with Crippen LogP contribution in [-0.2, 0) is 6.54 Å². The van der Waals surface area contributed by atoms with E-state index in [2.05, 4.69) is 15.3 Å². The number of nitrogens with one attached hydrogen (secondary N) is 2. The third-order valence-corrected chi connectivity index (χ3v) is 4.03. The summed E-state index contributed by atoms with van der Waals surface area (Å²) in [5, 5.41) is 3.16. The lowest BCUT2D eigenvalue weighted by atomic mass is 10.4. The van der Waals surface area contributed by atoms with Crippen molar-refractivity contribution in [1.82, 2.24) is 9.97 Å². The summed E-state index contributed by atoms with van der Waals surface area (Å²) in [5.74, 6) is 1.87. The zero-order valence-electron chi connectivity index (χ0n) is 9.57. The molecule has 94 valence electrons. The van der Waals surface area contributed by atoms with Crippen LogP contribution in [0.5, 0.6) is 0 Å². The first-order chi connectivity index (χ1) is 8.70. The molecule has 0 bridgehead atoms. The number of hydrogen-bond acceptors (Lipinski definition) is 4. The van der Waals surface area contributed by atoms with E-state index < -0.39 is 0 Å². The van der Waals surface area contributed by atoms with Gasteiger partial charge in [0.15, 0.2) is 0 Å². The molecule has 6 heteroatoms. The minimum Gasteiger partial charge on any atom is -0.365 e. The highest BCUT2D eigenvalue weighted by Crippen LogP contribution is 2.37. The van der Waals surface area contributed by atoms with Crippen molar-refractivity contribution in [2.24, 2.45) is 0 Å². The molecule has 0 radical (unpaired) electrons. The van der Waals surface area contributed by atoms with Gasteiger partial charge < -0.3 is 10.3 Å². The molecular formula is C12H12ClN3OS. The van der Waals surface area contributed by atoms with Gasteiger partial charge in [0.1, 0.15) is 11.6 Å². The van der Waals surface area contributed by atoms with Gasteiger partial charge in [0, 0.05) is 16.9 Å². The standard InChI is InChI=1S/C12H12ClN3OS/c13-9-4-3-8(18-9)6-14-10-5-11(17)16-12(15-10)7-1-2-7/h3-5,7H,1-2,6H2,(H2,14,15,16,17). The summed E-state index contributed by atoms with van der Waals surface area (Å²) in [5.41, 5.74) is -0.0985. The van der Waals surface area contributed by atoms with Crippen LogP contribution < -0.4 is 10.9 Å². The molecule has 1 saturated carbocycles. The van der Waals surface area contributed by atoms with Crippen molar-refractivity contribution >= 4 is 28.8 Å². The average molecular weight is 282 g/mol. The smallest absolute Gasteiger partial charge is 0.252 e. The molecule has 1 aliphatic carbocycles. The second-order valence-corrected chi connectivity index (χ2v) is 6.15. The summed E-state index contributed by atoms with van der Waals surface area (Å²) in [6.07, 6.45) is 2.24. The molecule has 2 aromatic heterocycles. The van der Waals surface area contributed by atoms with Crippen molar-refractivity contribution in [3.63, 3.8) is 0 Å². The van der Waals surface area contributed by atoms with Crippen LogP contribution in [0.15, 0.2) is 23.0 Å². The molecule has 2 heterocycles. The Kier molecular flexibility index (Phi) is 3.09. The molecule has 4 nitrogen and oxygen atoms in total. The molecule has 0 spiro atoms. The van der Waals surface area contributed by atoms with E-state index in [1.807, 2.05) is 12.1 Å². The molecule has 0 atom stereocenters. The fourth-order valence-corrected chi connectivity index (χ4v) is 2.77. The maximum atomic E-state index is 11.5.